The predicted molar refractivity (Wildman–Crippen MR) is 253 cm³/mol. The summed E-state index contributed by atoms with van der Waals surface area (Å²) in [5.41, 5.74) is 15.3. The fraction of sp³-hybridized carbons (Fsp3) is 0.571. The predicted octanol–water partition coefficient (Wildman–Crippen LogP) is -4.39. The van der Waals surface area contributed by atoms with Crippen LogP contribution in [-0.2, 0) is 64.1 Å². The van der Waals surface area contributed by atoms with E-state index in [-0.39, 0.29) is 50.9 Å². The van der Waals surface area contributed by atoms with Crippen LogP contribution in [0.4, 0.5) is 17.5 Å². The van der Waals surface area contributed by atoms with Crippen molar-refractivity contribution in [3.05, 3.63) is 38.0 Å². The van der Waals surface area contributed by atoms with Crippen LogP contribution >= 0.6 is 31.3 Å². The standard InChI is InChI=1S/C35H49N15O25P4/c36-26-17-29(42-8-39-26)48(11-45-17)32-23(54)20(51)14(73-32)1-66-77(60,61)70-5-35(4-69-76(57,58)59,6-71-78(62,63)67-2-15-21(52)24(55)33(74-15)49-12-46-18-27(37)40-9-43-30(18)49)7-72-79(64,65)68-3-16-22(53)25(56)34(75-16)50-13-47-19-28(38)41-10-44-31(19)50/h8-16,20-25,32-34,51-56H,1-7H2,(H,60,61)(H,62,63)(H,64,65)(H2,36,39,42)(H2,37,40,43)(H2,38,41,44)(H2,57,58,59)/t14-,15?,16?,20-,21-,22+,23-,24-,25+,32?,33-,34?,35?/m1/s1. The molecule has 6 aromatic heterocycles. The fourth-order valence-corrected chi connectivity index (χ4v) is 11.2. The summed E-state index contributed by atoms with van der Waals surface area (Å²) in [6.45, 7) is -9.10. The zero-order valence-corrected chi connectivity index (χ0v) is 43.4. The van der Waals surface area contributed by atoms with Gasteiger partial charge in [-0.2, -0.15) is 0 Å². The number of nitrogens with two attached hydrogens (primary N) is 3. The second-order valence-electron chi connectivity index (χ2n) is 17.8. The first-order valence-electron chi connectivity index (χ1n) is 22.6. The van der Waals surface area contributed by atoms with Crippen molar-refractivity contribution >= 4 is 82.2 Å². The average molecular weight is 1200 g/mol. The highest BCUT2D eigenvalue weighted by Gasteiger charge is 2.50. The van der Waals surface area contributed by atoms with Crippen LogP contribution in [0.3, 0.4) is 0 Å². The summed E-state index contributed by atoms with van der Waals surface area (Å²) >= 11 is 0. The molecule has 0 aromatic carbocycles. The second-order valence-corrected chi connectivity index (χ2v) is 23.4. The molecule has 3 fully saturated rings. The Labute approximate surface area is 439 Å². The van der Waals surface area contributed by atoms with Crippen molar-refractivity contribution in [3.63, 3.8) is 0 Å². The molecule has 0 aliphatic carbocycles. The number of hydrogen-bond donors (Lipinski definition) is 14. The lowest BCUT2D eigenvalue weighted by molar-refractivity contribution is -0.0644. The van der Waals surface area contributed by atoms with Crippen molar-refractivity contribution in [2.24, 2.45) is 5.41 Å². The van der Waals surface area contributed by atoms with Crippen molar-refractivity contribution in [3.8, 4) is 0 Å². The lowest BCUT2D eigenvalue weighted by Crippen LogP contribution is -2.41. The number of aromatic nitrogens is 12. The van der Waals surface area contributed by atoms with Gasteiger partial charge in [-0.15, -0.1) is 0 Å². The molecule has 3 aliphatic heterocycles. The van der Waals surface area contributed by atoms with Crippen molar-refractivity contribution < 1.29 is 119 Å². The molecule has 40 nitrogen and oxygen atoms in total. The van der Waals surface area contributed by atoms with E-state index in [1.165, 1.54) is 13.7 Å². The van der Waals surface area contributed by atoms with Gasteiger partial charge >= 0.3 is 31.3 Å². The molecule has 0 bridgehead atoms. The van der Waals surface area contributed by atoms with Crippen LogP contribution in [-0.4, -0.2) is 215 Å². The van der Waals surface area contributed by atoms with E-state index in [1.54, 1.807) is 0 Å². The smallest absolute Gasteiger partial charge is 0.387 e. The normalized spacial score (nSPS) is 29.8. The Hall–Kier alpha value is -4.87. The van der Waals surface area contributed by atoms with Gasteiger partial charge in [0.2, 0.25) is 0 Å². The third-order valence-electron chi connectivity index (χ3n) is 12.3. The molecule has 434 valence electrons. The quantitative estimate of drug-likeness (QED) is 0.0255. The molecule has 0 saturated carbocycles. The summed E-state index contributed by atoms with van der Waals surface area (Å²) in [5, 5.41) is 65.1. The van der Waals surface area contributed by atoms with Crippen LogP contribution in [0, 0.1) is 5.41 Å². The molecule has 0 spiro atoms. The summed E-state index contributed by atoms with van der Waals surface area (Å²) < 4.78 is 108. The Morgan fingerprint density at radius 2 is 0.709 bits per heavy atom. The molecule has 3 saturated heterocycles. The van der Waals surface area contributed by atoms with E-state index < -0.39 is 157 Å². The highest BCUT2D eigenvalue weighted by molar-refractivity contribution is 7.48. The average Bonchev–Trinajstić information content (AvgIpc) is 4.40. The summed E-state index contributed by atoms with van der Waals surface area (Å²) in [4.78, 5) is 87.9. The molecule has 0 amide bonds. The Morgan fingerprint density at radius 3 is 0.987 bits per heavy atom. The molecule has 17 N–H and O–H groups in total. The number of aliphatic hydroxyl groups excluding tert-OH is 6. The number of nitrogen functional groups attached to an aromatic ring is 3. The first-order valence-corrected chi connectivity index (χ1v) is 28.6. The van der Waals surface area contributed by atoms with Crippen LogP contribution in [0.1, 0.15) is 18.7 Å². The maximum absolute atomic E-state index is 13.5. The second kappa shape index (κ2) is 22.8. The van der Waals surface area contributed by atoms with Gasteiger partial charge in [-0.05, 0) is 0 Å². The van der Waals surface area contributed by atoms with E-state index in [4.69, 9.17) is 58.6 Å². The molecular weight excluding hydrogens is 1150 g/mol. The highest BCUT2D eigenvalue weighted by atomic mass is 31.2. The number of hydrogen-bond acceptors (Lipinski definition) is 32. The van der Waals surface area contributed by atoms with Crippen LogP contribution in [0.15, 0.2) is 38.0 Å². The maximum Gasteiger partial charge on any atom is 0.472 e. The number of anilines is 3. The van der Waals surface area contributed by atoms with E-state index in [1.807, 2.05) is 0 Å². The summed E-state index contributed by atoms with van der Waals surface area (Å²) in [6, 6.07) is 0. The number of fused-ring (bicyclic) bond motifs is 3. The minimum Gasteiger partial charge on any atom is -0.387 e. The first kappa shape index (κ1) is 58.8. The zero-order chi connectivity index (χ0) is 57.0. The van der Waals surface area contributed by atoms with Crippen molar-refractivity contribution in [2.45, 2.75) is 73.6 Å². The van der Waals surface area contributed by atoms with Crippen molar-refractivity contribution in [1.82, 2.24) is 58.6 Å². The van der Waals surface area contributed by atoms with Gasteiger partial charge in [0.15, 0.2) is 53.1 Å². The van der Waals surface area contributed by atoms with E-state index in [0.29, 0.717) is 0 Å². The summed E-state index contributed by atoms with van der Waals surface area (Å²) in [7, 11) is -22.3. The number of rotatable bonds is 24. The summed E-state index contributed by atoms with van der Waals surface area (Å²) in [5.74, 6) is -0.110. The van der Waals surface area contributed by atoms with Gasteiger partial charge in [-0.25, -0.2) is 63.1 Å². The van der Waals surface area contributed by atoms with E-state index in [0.717, 1.165) is 38.0 Å². The minimum atomic E-state index is -5.63. The number of imidazole rings is 3. The minimum absolute atomic E-state index is 0.0367. The Kier molecular flexibility index (Phi) is 17.0. The third-order valence-corrected chi connectivity index (χ3v) is 15.6. The molecule has 9 heterocycles. The van der Waals surface area contributed by atoms with Gasteiger partial charge in [0.25, 0.3) is 0 Å². The van der Waals surface area contributed by atoms with Gasteiger partial charge in [0.05, 0.1) is 70.6 Å². The zero-order valence-electron chi connectivity index (χ0n) is 39.9. The molecular formula is C35H49N15O25P4. The highest BCUT2D eigenvalue weighted by Crippen LogP contribution is 2.52. The molecule has 6 aromatic rings. The number of phosphoric acid groups is 4. The third kappa shape index (κ3) is 12.8. The molecule has 8 unspecified atom stereocenters. The monoisotopic (exact) mass is 1200 g/mol. The van der Waals surface area contributed by atoms with Gasteiger partial charge < -0.3 is 86.5 Å². The van der Waals surface area contributed by atoms with E-state index in [9.17, 15) is 73.4 Å². The van der Waals surface area contributed by atoms with Crippen LogP contribution in [0.5, 0.6) is 0 Å². The van der Waals surface area contributed by atoms with E-state index >= 15 is 0 Å². The molecule has 9 rings (SSSR count). The topological polar surface area (TPSA) is 592 Å². The fourth-order valence-electron chi connectivity index (χ4n) is 8.20. The molecule has 44 heteroatoms. The van der Waals surface area contributed by atoms with Crippen molar-refractivity contribution in [1.29, 1.82) is 0 Å². The Bertz CT molecular complexity index is 3040. The van der Waals surface area contributed by atoms with E-state index in [2.05, 4.69) is 49.4 Å². The molecule has 16 atom stereocenters. The Balaban J connectivity index is 0.901. The Morgan fingerprint density at radius 1 is 0.430 bits per heavy atom. The first-order chi connectivity index (χ1) is 37.2. The largest absolute Gasteiger partial charge is 0.472 e. The van der Waals surface area contributed by atoms with Crippen LogP contribution in [0.25, 0.3) is 33.5 Å². The maximum atomic E-state index is 13.5. The SMILES string of the molecule is Nc1ncnc2c1ncn2C1OC(COP(=O)(O)OCC(COP(=O)(O)O)(COP(=O)(O)OCC2O[C@@H](n3cnc4c(N)ncnc43)[C@H](O)[C@@H]2O)COP(=O)(O)OC[C@H]2OC(n3cnc4c(N)ncnc43)[C@H](O)[C@@H]2O)[C@H](O)[C@@H]1O. The van der Waals surface area contributed by atoms with Gasteiger partial charge in [0, 0.05) is 0 Å². The van der Waals surface area contributed by atoms with Gasteiger partial charge in [-0.1, -0.05) is 0 Å². The lowest BCUT2D eigenvalue weighted by atomic mass is 9.93. The number of aliphatic hydroxyl groups is 6. The molecule has 0 radical (unpaired) electrons. The van der Waals surface area contributed by atoms with Crippen LogP contribution < -0.4 is 17.2 Å². The van der Waals surface area contributed by atoms with Crippen LogP contribution in [0.2, 0.25) is 0 Å². The summed E-state index contributed by atoms with van der Waals surface area (Å²) in [6.07, 6.45) is -13.1. The molecule has 3 aliphatic rings. The van der Waals surface area contributed by atoms with Gasteiger partial charge in [0.1, 0.15) is 90.5 Å². The molecule has 79 heavy (non-hydrogen) atoms. The van der Waals surface area contributed by atoms with Gasteiger partial charge in [-0.3, -0.25) is 45.4 Å². The number of nitrogens with zero attached hydrogens (tertiary/aromatic N) is 12. The van der Waals surface area contributed by atoms with Crippen molar-refractivity contribution in [2.75, 3.05) is 63.4 Å². The number of ether oxygens (including phenoxy) is 3. The lowest BCUT2D eigenvalue weighted by Gasteiger charge is -2.33. The number of phosphoric ester groups is 4.